The quantitative estimate of drug-likeness (QED) is 0.769. The van der Waals surface area contributed by atoms with Crippen molar-refractivity contribution in [2.45, 2.75) is 19.3 Å². The fraction of sp³-hybridized carbons (Fsp3) is 0.231. The first-order valence-corrected chi connectivity index (χ1v) is 4.88. The molecule has 0 bridgehead atoms. The molecule has 5 heteroatoms. The molecular weight excluding hydrogens is 232 g/mol. The van der Waals surface area contributed by atoms with Gasteiger partial charge in [-0.05, 0) is 11.6 Å². The second-order valence-electron chi connectivity index (χ2n) is 3.36. The number of H-pyrrole nitrogens is 1. The summed E-state index contributed by atoms with van der Waals surface area (Å²) in [6.45, 7) is 0.894. The van der Waals surface area contributed by atoms with Crippen LogP contribution in [0.4, 0.5) is 0 Å². The maximum Gasteiger partial charge on any atom is 0.326 e. The highest BCUT2D eigenvalue weighted by atomic mass is 16.4. The second-order valence-corrected chi connectivity index (χ2v) is 3.36. The number of aromatic nitrogens is 1. The number of carboxylic acids is 1. The molecule has 0 aliphatic heterocycles. The Morgan fingerprint density at radius 3 is 3.00 bits per heavy atom. The summed E-state index contributed by atoms with van der Waals surface area (Å²) in [5.41, 5.74) is -1.05. The molecule has 1 unspecified atom stereocenters. The first kappa shape index (κ1) is 5.56. The molecule has 94 valence electrons. The molecule has 5 nitrogen and oxygen atoms in total. The summed E-state index contributed by atoms with van der Waals surface area (Å²) in [7, 11) is 0. The van der Waals surface area contributed by atoms with Gasteiger partial charge in [-0.2, -0.15) is 0 Å². The first-order valence-electron chi connectivity index (χ1n) is 8.88. The van der Waals surface area contributed by atoms with Gasteiger partial charge in [0, 0.05) is 33.1 Å². The predicted molar refractivity (Wildman–Crippen MR) is 67.2 cm³/mol. The van der Waals surface area contributed by atoms with Gasteiger partial charge in [0.15, 0.2) is 0 Å². The zero-order valence-electron chi connectivity index (χ0n) is 17.3. The van der Waals surface area contributed by atoms with Crippen LogP contribution in [0.15, 0.2) is 30.3 Å². The number of aromatic amines is 1. The molecule has 3 N–H and O–H groups in total. The van der Waals surface area contributed by atoms with Crippen molar-refractivity contribution in [3.63, 3.8) is 0 Å². The molecule has 0 aliphatic carbocycles. The van der Waals surface area contributed by atoms with E-state index in [9.17, 15) is 14.7 Å². The number of nitrogens with one attached hydrogen (secondary N) is 2. The van der Waals surface area contributed by atoms with Crippen molar-refractivity contribution in [3.8, 4) is 0 Å². The third kappa shape index (κ3) is 2.51. The summed E-state index contributed by atoms with van der Waals surface area (Å²) in [5.74, 6) is -3.04. The molecule has 2 aromatic rings. The number of carboxylic acid groups (broad SMARTS) is 1. The molecule has 0 aliphatic rings. The number of fused-ring (bicyclic) bond motifs is 1. The lowest BCUT2D eigenvalue weighted by molar-refractivity contribution is -0.141. The monoisotopic (exact) mass is 254 g/mol. The maximum atomic E-state index is 11.6. The summed E-state index contributed by atoms with van der Waals surface area (Å²) in [5, 5.41) is 10.6. The first-order chi connectivity index (χ1) is 11.8. The van der Waals surface area contributed by atoms with Gasteiger partial charge in [-0.25, -0.2) is 4.79 Å². The molecule has 0 spiro atoms. The molecule has 0 fully saturated rings. The van der Waals surface area contributed by atoms with Crippen LogP contribution in [0.25, 0.3) is 10.9 Å². The van der Waals surface area contributed by atoms with Crippen molar-refractivity contribution in [1.82, 2.24) is 10.3 Å². The summed E-state index contributed by atoms with van der Waals surface area (Å²) in [6, 6.07) is -5.82. The van der Waals surface area contributed by atoms with E-state index in [-0.39, 0.29) is 5.52 Å². The Labute approximate surface area is 115 Å². The van der Waals surface area contributed by atoms with Crippen LogP contribution in [0.2, 0.25) is 0 Å². The number of aliphatic carboxylic acids is 1. The van der Waals surface area contributed by atoms with Crippen molar-refractivity contribution in [3.05, 3.63) is 35.9 Å². The summed E-state index contributed by atoms with van der Waals surface area (Å²) in [6.07, 6.45) is -3.93. The smallest absolute Gasteiger partial charge is 0.326 e. The topological polar surface area (TPSA) is 82.2 Å². The van der Waals surface area contributed by atoms with Gasteiger partial charge >= 0.3 is 5.97 Å². The van der Waals surface area contributed by atoms with Crippen LogP contribution in [-0.4, -0.2) is 28.0 Å². The number of benzene rings is 1. The molecule has 0 radical (unpaired) electrons. The van der Waals surface area contributed by atoms with Crippen LogP contribution in [0.3, 0.4) is 0 Å². The highest BCUT2D eigenvalue weighted by molar-refractivity contribution is 5.86. The lowest BCUT2D eigenvalue weighted by Gasteiger charge is -2.12. The van der Waals surface area contributed by atoms with Gasteiger partial charge in [-0.3, -0.25) is 4.79 Å². The average molecular weight is 254 g/mol. The number of rotatable bonds is 4. The van der Waals surface area contributed by atoms with Gasteiger partial charge in [0.05, 0.1) is 8.22 Å². The van der Waals surface area contributed by atoms with E-state index in [2.05, 4.69) is 4.98 Å². The Kier molecular flexibility index (Phi) is 1.52. The second kappa shape index (κ2) is 4.91. The van der Waals surface area contributed by atoms with Crippen molar-refractivity contribution in [2.24, 2.45) is 0 Å². The van der Waals surface area contributed by atoms with Gasteiger partial charge in [0.25, 0.3) is 0 Å². The highest BCUT2D eigenvalue weighted by Crippen LogP contribution is 2.19. The fourth-order valence-electron chi connectivity index (χ4n) is 1.31. The van der Waals surface area contributed by atoms with E-state index in [0.29, 0.717) is 0 Å². The molecule has 1 atom stereocenters. The number of carbonyl (C=O) groups is 2. The largest absolute Gasteiger partial charge is 0.480 e. The number of amides is 1. The number of carbonyl (C=O) groups excluding carboxylic acids is 1. The lowest BCUT2D eigenvalue weighted by atomic mass is 10.1. The van der Waals surface area contributed by atoms with Crippen LogP contribution in [0.5, 0.6) is 0 Å². The van der Waals surface area contributed by atoms with Crippen molar-refractivity contribution in [1.29, 1.82) is 0 Å². The van der Waals surface area contributed by atoms with E-state index < -0.39 is 65.6 Å². The van der Waals surface area contributed by atoms with Gasteiger partial charge in [-0.1, -0.05) is 18.1 Å². The number of para-hydroxylation sites is 1. The van der Waals surface area contributed by atoms with E-state index in [1.54, 1.807) is 5.32 Å². The highest BCUT2D eigenvalue weighted by Gasteiger charge is 2.20. The van der Waals surface area contributed by atoms with Crippen LogP contribution in [0, 0.1) is 0 Å². The lowest BCUT2D eigenvalue weighted by Crippen LogP contribution is -2.41. The van der Waals surface area contributed by atoms with Crippen LogP contribution in [0.1, 0.15) is 23.5 Å². The Morgan fingerprint density at radius 1 is 1.61 bits per heavy atom. The minimum absolute atomic E-state index is 0.296. The third-order valence-electron chi connectivity index (χ3n) is 2.01. The minimum atomic E-state index is -3.24. The standard InChI is InChI=1S/C13H14N2O3/c1-8(16)15-12(13(17)18)6-9-7-14-11-5-3-2-4-10(9)11/h2-5,7,12,14H,6H2,1H3,(H,15,16)(H,17,18)/i2D,3D,4D,5D,6D2,7D,12D. The Hall–Kier alpha value is -2.30. The van der Waals surface area contributed by atoms with E-state index in [1.807, 2.05) is 0 Å². The van der Waals surface area contributed by atoms with Gasteiger partial charge < -0.3 is 15.4 Å². The molecule has 1 heterocycles. The summed E-state index contributed by atoms with van der Waals surface area (Å²) < 4.78 is 63.4. The zero-order chi connectivity index (χ0) is 20.2. The zero-order valence-corrected chi connectivity index (χ0v) is 9.26. The minimum Gasteiger partial charge on any atom is -0.480 e. The van der Waals surface area contributed by atoms with Crippen molar-refractivity contribution >= 4 is 22.8 Å². The predicted octanol–water partition coefficient (Wildman–Crippen LogP) is 1.30. The molecule has 2 rings (SSSR count). The Balaban J connectivity index is 2.94. The van der Waals surface area contributed by atoms with E-state index in [1.165, 1.54) is 0 Å². The van der Waals surface area contributed by atoms with Crippen molar-refractivity contribution in [2.75, 3.05) is 0 Å². The molecule has 1 amide bonds. The third-order valence-corrected chi connectivity index (χ3v) is 2.01. The van der Waals surface area contributed by atoms with Crippen LogP contribution >= 0.6 is 0 Å². The molecule has 1 aromatic heterocycles. The van der Waals surface area contributed by atoms with E-state index in [4.69, 9.17) is 11.0 Å². The van der Waals surface area contributed by atoms with Crippen LogP contribution < -0.4 is 5.32 Å². The molecule has 18 heavy (non-hydrogen) atoms. The Morgan fingerprint density at radius 2 is 2.33 bits per heavy atom. The average Bonchev–Trinajstić information content (AvgIpc) is 2.87. The van der Waals surface area contributed by atoms with Gasteiger partial charge in [0.2, 0.25) is 5.91 Å². The SMILES string of the molecule is [2H]c1[nH]c2c([2H])c([2H])c([2H])c([2H])c2c1C([2H])([2H])C([2H])(NC(C)=O)C(=O)O. The van der Waals surface area contributed by atoms with Crippen LogP contribution in [-0.2, 0) is 16.0 Å². The summed E-state index contributed by atoms with van der Waals surface area (Å²) in [4.78, 5) is 25.2. The molecular formula is C13H14N2O3. The maximum absolute atomic E-state index is 11.6. The number of hydrogen-bond acceptors (Lipinski definition) is 2. The molecule has 0 saturated heterocycles. The molecule has 1 aromatic carbocycles. The normalized spacial score (nSPS) is 21.2. The van der Waals surface area contributed by atoms with E-state index in [0.717, 1.165) is 6.92 Å². The van der Waals surface area contributed by atoms with Crippen molar-refractivity contribution < 1.29 is 25.7 Å². The Bertz CT molecular complexity index is 942. The summed E-state index contributed by atoms with van der Waals surface area (Å²) >= 11 is 0. The van der Waals surface area contributed by atoms with E-state index >= 15 is 0 Å². The fourth-order valence-corrected chi connectivity index (χ4v) is 1.31. The molecule has 0 saturated carbocycles. The number of hydrogen-bond donors (Lipinski definition) is 3. The van der Waals surface area contributed by atoms with Gasteiger partial charge in [-0.15, -0.1) is 0 Å². The van der Waals surface area contributed by atoms with Gasteiger partial charge in [0.1, 0.15) is 6.02 Å².